The molecular weight excluding hydrogens is 266 g/mol. The fraction of sp³-hybridized carbons (Fsp3) is 0. The first kappa shape index (κ1) is 9.04. The quantitative estimate of drug-likeness (QED) is 0.589. The average molecular weight is 269 g/mol. The number of hydrogen-bond acceptors (Lipinski definition) is 1. The summed E-state index contributed by atoms with van der Waals surface area (Å²) in [5.41, 5.74) is 0. The molecule has 0 spiro atoms. The molecule has 5 heavy (non-hydrogen) atoms. The summed E-state index contributed by atoms with van der Waals surface area (Å²) in [5, 5.41) is 0. The molecule has 0 fully saturated rings. The first-order valence-corrected chi connectivity index (χ1v) is 2.42. The maximum atomic E-state index is 10.1. The summed E-state index contributed by atoms with van der Waals surface area (Å²) in [7, 11) is 0. The Morgan fingerprint density at radius 2 is 1.80 bits per heavy atom. The van der Waals surface area contributed by atoms with Crippen molar-refractivity contribution in [1.29, 1.82) is 0 Å². The zero-order valence-electron chi connectivity index (χ0n) is 2.57. The molecule has 0 rings (SSSR count). The Kier molecular flexibility index (Phi) is 47.1. The molecule has 0 aromatic heterocycles. The van der Waals surface area contributed by atoms with Crippen molar-refractivity contribution < 1.29 is 7.08 Å². The van der Waals surface area contributed by atoms with Crippen molar-refractivity contribution in [2.45, 2.75) is 0 Å². The Hall–Kier alpha value is 0.392. The van der Waals surface area contributed by atoms with E-state index in [0.717, 1.165) is 0 Å². The van der Waals surface area contributed by atoms with E-state index in [1.807, 2.05) is 0 Å². The zero-order valence-corrected chi connectivity index (χ0v) is 6.46. The van der Waals surface area contributed by atoms with E-state index in [-0.39, 0.29) is 32.1 Å². The van der Waals surface area contributed by atoms with E-state index < -0.39 is 0 Å². The third-order valence-corrected chi connectivity index (χ3v) is 0. The van der Waals surface area contributed by atoms with Gasteiger partial charge in [-0.3, -0.25) is 0 Å². The summed E-state index contributed by atoms with van der Waals surface area (Å²) in [6.45, 7) is 2.69. The second-order valence-corrected chi connectivity index (χ2v) is 0.154. The molecule has 0 heterocycles. The normalized spacial score (nSPS) is 3.40. The van der Waals surface area contributed by atoms with Crippen LogP contribution in [0.1, 0.15) is 0 Å². The Labute approximate surface area is 46.0 Å². The monoisotopic (exact) mass is 270 g/mol. The standard InChI is InChI=1S/C2H3F.O.Pb/c1-2-3;;/h2H,1H2;;. The van der Waals surface area contributed by atoms with Crippen LogP contribution in [0.4, 0.5) is 4.39 Å². The van der Waals surface area contributed by atoms with E-state index in [9.17, 15) is 4.39 Å². The predicted molar refractivity (Wildman–Crippen MR) is 17.7 cm³/mol. The number of rotatable bonds is 0. The molecule has 0 aliphatic heterocycles. The van der Waals surface area contributed by atoms with Gasteiger partial charge in [-0.2, -0.15) is 0 Å². The summed E-state index contributed by atoms with van der Waals surface area (Å²) in [6.07, 6.45) is 0.250. The van der Waals surface area contributed by atoms with Crippen molar-refractivity contribution in [3.8, 4) is 0 Å². The Balaban J connectivity index is 0. The van der Waals surface area contributed by atoms with Gasteiger partial charge in [0.2, 0.25) is 0 Å². The van der Waals surface area contributed by atoms with Crippen LogP contribution in [0.25, 0.3) is 0 Å². The van der Waals surface area contributed by atoms with Gasteiger partial charge < -0.3 is 0 Å². The van der Waals surface area contributed by atoms with Crippen molar-refractivity contribution >= 4 is 25.8 Å². The van der Waals surface area contributed by atoms with Crippen LogP contribution >= 0.6 is 0 Å². The molecule has 0 aliphatic rings. The SMILES string of the molecule is C=CF.[O]=[Pb]. The van der Waals surface area contributed by atoms with Gasteiger partial charge in [0.15, 0.2) is 0 Å². The maximum absolute atomic E-state index is 10.1. The third-order valence-electron chi connectivity index (χ3n) is 0. The van der Waals surface area contributed by atoms with E-state index >= 15 is 0 Å². The van der Waals surface area contributed by atoms with Gasteiger partial charge in [0.05, 0.1) is 6.33 Å². The molecule has 0 aromatic carbocycles. The van der Waals surface area contributed by atoms with Crippen LogP contribution in [0.3, 0.4) is 0 Å². The van der Waals surface area contributed by atoms with Crippen molar-refractivity contribution in [3.63, 3.8) is 0 Å². The molecule has 0 aliphatic carbocycles. The van der Waals surface area contributed by atoms with Crippen LogP contribution < -0.4 is 0 Å². The summed E-state index contributed by atoms with van der Waals surface area (Å²) >= 11 is 0.0556. The van der Waals surface area contributed by atoms with Gasteiger partial charge in [-0.15, -0.1) is 0 Å². The molecule has 0 amide bonds. The Bertz CT molecular complexity index is 23.6. The van der Waals surface area contributed by atoms with E-state index in [2.05, 4.69) is 6.58 Å². The molecule has 0 saturated carbocycles. The predicted octanol–water partition coefficient (Wildman–Crippen LogP) is 0.600. The van der Waals surface area contributed by atoms with Crippen LogP contribution in [0.5, 0.6) is 0 Å². The van der Waals surface area contributed by atoms with Crippen LogP contribution in [0.15, 0.2) is 12.9 Å². The second kappa shape index (κ2) is 26.1. The topological polar surface area (TPSA) is 17.1 Å². The molecule has 1 nitrogen and oxygen atoms in total. The van der Waals surface area contributed by atoms with Crippen molar-refractivity contribution in [3.05, 3.63) is 12.9 Å². The molecule has 3 heteroatoms. The summed E-state index contributed by atoms with van der Waals surface area (Å²) < 4.78 is 18.4. The van der Waals surface area contributed by atoms with Crippen LogP contribution in [0.2, 0.25) is 0 Å². The molecule has 0 bridgehead atoms. The molecule has 0 N–H and O–H groups in total. The molecular formula is C2H3FOPb. The Morgan fingerprint density at radius 1 is 1.80 bits per heavy atom. The van der Waals surface area contributed by atoms with Crippen molar-refractivity contribution in [1.82, 2.24) is 0 Å². The molecule has 28 valence electrons. The van der Waals surface area contributed by atoms with Crippen LogP contribution in [0, 0.1) is 0 Å². The second-order valence-electron chi connectivity index (χ2n) is 0.154. The van der Waals surface area contributed by atoms with Crippen molar-refractivity contribution in [2.75, 3.05) is 0 Å². The molecule has 0 aromatic rings. The van der Waals surface area contributed by atoms with Crippen LogP contribution in [-0.2, 0) is 2.69 Å². The van der Waals surface area contributed by atoms with Gasteiger partial charge in [0.1, 0.15) is 0 Å². The molecule has 0 saturated heterocycles. The number of hydrogen-bond donors (Lipinski definition) is 0. The van der Waals surface area contributed by atoms with Gasteiger partial charge in [-0.25, -0.2) is 4.39 Å². The van der Waals surface area contributed by atoms with Crippen LogP contribution in [-0.4, -0.2) is 25.8 Å². The number of halogens is 1. The van der Waals surface area contributed by atoms with E-state index in [1.54, 1.807) is 0 Å². The summed E-state index contributed by atoms with van der Waals surface area (Å²) in [5.74, 6) is 0. The Morgan fingerprint density at radius 3 is 1.80 bits per heavy atom. The van der Waals surface area contributed by atoms with Gasteiger partial charge in [-0.1, -0.05) is 6.58 Å². The average Bonchev–Trinajstić information content (AvgIpc) is 1.46. The first-order valence-electron chi connectivity index (χ1n) is 0.831. The van der Waals surface area contributed by atoms with E-state index in [0.29, 0.717) is 0 Å². The minimum atomic E-state index is 0.0556. The molecule has 2 radical (unpaired) electrons. The fourth-order valence-corrected chi connectivity index (χ4v) is 0. The van der Waals surface area contributed by atoms with Gasteiger partial charge >= 0.3 is 28.5 Å². The third kappa shape index (κ3) is 163. The van der Waals surface area contributed by atoms with Gasteiger partial charge in [0, 0.05) is 0 Å². The van der Waals surface area contributed by atoms with Crippen molar-refractivity contribution in [2.24, 2.45) is 0 Å². The molecule has 0 atom stereocenters. The zero-order chi connectivity index (χ0) is 4.71. The van der Waals surface area contributed by atoms with Gasteiger partial charge in [-0.05, 0) is 0 Å². The molecule has 0 unspecified atom stereocenters. The van der Waals surface area contributed by atoms with E-state index in [1.165, 1.54) is 0 Å². The first-order chi connectivity index (χ1) is 2.41. The fourth-order valence-electron chi connectivity index (χ4n) is 0. The van der Waals surface area contributed by atoms with Gasteiger partial charge in [0.25, 0.3) is 0 Å². The summed E-state index contributed by atoms with van der Waals surface area (Å²) in [6, 6.07) is 0. The summed E-state index contributed by atoms with van der Waals surface area (Å²) in [4.78, 5) is 0. The van der Waals surface area contributed by atoms with E-state index in [4.69, 9.17) is 2.69 Å². The minimum absolute atomic E-state index is 0.0556.